The molecule has 3 aromatic rings. The van der Waals surface area contributed by atoms with Gasteiger partial charge >= 0.3 is 0 Å². The summed E-state index contributed by atoms with van der Waals surface area (Å²) in [6, 6.07) is 15.7. The molecule has 1 heterocycles. The lowest BCUT2D eigenvalue weighted by molar-refractivity contribution is 0.515. The second-order valence-corrected chi connectivity index (χ2v) is 5.98. The summed E-state index contributed by atoms with van der Waals surface area (Å²) in [5, 5.41) is 12.1. The van der Waals surface area contributed by atoms with Crippen molar-refractivity contribution in [3.63, 3.8) is 0 Å². The highest BCUT2D eigenvalue weighted by molar-refractivity contribution is 6.33. The fourth-order valence-electron chi connectivity index (χ4n) is 2.40. The maximum Gasteiger partial charge on any atom is 0.249 e. The van der Waals surface area contributed by atoms with Gasteiger partial charge in [0, 0.05) is 5.69 Å². The quantitative estimate of drug-likeness (QED) is 0.706. The maximum atomic E-state index is 6.15. The number of benzene rings is 2. The molecular weight excluding hydrogens is 310 g/mol. The summed E-state index contributed by atoms with van der Waals surface area (Å²) < 4.78 is 5.70. The lowest BCUT2D eigenvalue weighted by Crippen LogP contribution is -2.03. The molecule has 0 bridgehead atoms. The Morgan fingerprint density at radius 1 is 1.04 bits per heavy atom. The normalized spacial score (nSPS) is 11.0. The molecule has 0 atom stereocenters. The van der Waals surface area contributed by atoms with Gasteiger partial charge in [0.25, 0.3) is 0 Å². The van der Waals surface area contributed by atoms with Gasteiger partial charge in [-0.15, -0.1) is 10.2 Å². The van der Waals surface area contributed by atoms with Crippen molar-refractivity contribution in [2.45, 2.75) is 26.3 Å². The Labute approximate surface area is 140 Å². The summed E-state index contributed by atoms with van der Waals surface area (Å²) >= 11 is 6.15. The van der Waals surface area contributed by atoms with E-state index < -0.39 is 0 Å². The maximum absolute atomic E-state index is 6.15. The molecule has 0 aliphatic heterocycles. The van der Waals surface area contributed by atoms with Crippen molar-refractivity contribution < 1.29 is 4.42 Å². The highest BCUT2D eigenvalue weighted by Crippen LogP contribution is 2.27. The van der Waals surface area contributed by atoms with E-state index >= 15 is 0 Å². The predicted octanol–water partition coefficient (Wildman–Crippen LogP) is 5.13. The van der Waals surface area contributed by atoms with Crippen LogP contribution in [0.2, 0.25) is 5.02 Å². The molecule has 1 N–H and O–H groups in total. The van der Waals surface area contributed by atoms with E-state index in [9.17, 15) is 0 Å². The van der Waals surface area contributed by atoms with Crippen LogP contribution < -0.4 is 5.32 Å². The molecule has 0 aliphatic carbocycles. The highest BCUT2D eigenvalue weighted by Gasteiger charge is 2.12. The topological polar surface area (TPSA) is 51.0 Å². The molecule has 3 rings (SSSR count). The lowest BCUT2D eigenvalue weighted by Gasteiger charge is -2.13. The van der Waals surface area contributed by atoms with Crippen LogP contribution in [-0.4, -0.2) is 10.2 Å². The molecule has 4 nitrogen and oxygen atoms in total. The standard InChI is InChI=1S/C18H18ClN3O/c1-12(2)13-7-4-6-10-16(13)20-11-17-21-22-18(23-17)14-8-3-5-9-15(14)19/h3-10,12,20H,11H2,1-2H3. The van der Waals surface area contributed by atoms with Gasteiger partial charge in [0.15, 0.2) is 0 Å². The number of hydrogen-bond acceptors (Lipinski definition) is 4. The van der Waals surface area contributed by atoms with Gasteiger partial charge in [-0.25, -0.2) is 0 Å². The minimum atomic E-state index is 0.435. The molecule has 5 heteroatoms. The van der Waals surface area contributed by atoms with E-state index in [1.165, 1.54) is 5.56 Å². The van der Waals surface area contributed by atoms with Crippen LogP contribution in [-0.2, 0) is 6.54 Å². The molecule has 0 amide bonds. The molecule has 0 saturated heterocycles. The number of nitrogens with one attached hydrogen (secondary N) is 1. The zero-order valence-electron chi connectivity index (χ0n) is 13.1. The summed E-state index contributed by atoms with van der Waals surface area (Å²) in [6.45, 7) is 4.81. The largest absolute Gasteiger partial charge is 0.419 e. The molecule has 0 unspecified atom stereocenters. The van der Waals surface area contributed by atoms with Crippen molar-refractivity contribution in [2.24, 2.45) is 0 Å². The number of aromatic nitrogens is 2. The summed E-state index contributed by atoms with van der Waals surface area (Å²) in [5.41, 5.74) is 3.09. The molecule has 0 aliphatic rings. The third-order valence-corrected chi connectivity index (χ3v) is 3.91. The molecule has 0 radical (unpaired) electrons. The molecule has 23 heavy (non-hydrogen) atoms. The second kappa shape index (κ2) is 6.84. The molecule has 1 aromatic heterocycles. The average molecular weight is 328 g/mol. The summed E-state index contributed by atoms with van der Waals surface area (Å²) in [6.07, 6.45) is 0. The van der Waals surface area contributed by atoms with Gasteiger partial charge in [0.1, 0.15) is 0 Å². The first-order valence-corrected chi connectivity index (χ1v) is 7.93. The van der Waals surface area contributed by atoms with Crippen LogP contribution in [0.15, 0.2) is 52.9 Å². The second-order valence-electron chi connectivity index (χ2n) is 5.58. The van der Waals surface area contributed by atoms with Crippen molar-refractivity contribution in [2.75, 3.05) is 5.32 Å². The Kier molecular flexibility index (Phi) is 4.63. The van der Waals surface area contributed by atoms with Gasteiger partial charge in [0.05, 0.1) is 17.1 Å². The van der Waals surface area contributed by atoms with E-state index in [0.29, 0.717) is 29.3 Å². The molecule has 0 spiro atoms. The minimum absolute atomic E-state index is 0.435. The average Bonchev–Trinajstić information content (AvgIpc) is 3.02. The Morgan fingerprint density at radius 3 is 2.57 bits per heavy atom. The number of hydrogen-bond donors (Lipinski definition) is 1. The third-order valence-electron chi connectivity index (χ3n) is 3.58. The highest BCUT2D eigenvalue weighted by atomic mass is 35.5. The van der Waals surface area contributed by atoms with Crippen LogP contribution in [0.4, 0.5) is 5.69 Å². The van der Waals surface area contributed by atoms with E-state index in [2.05, 4.69) is 41.5 Å². The molecule has 0 saturated carbocycles. The van der Waals surface area contributed by atoms with E-state index in [-0.39, 0.29) is 0 Å². The zero-order chi connectivity index (χ0) is 16.2. The predicted molar refractivity (Wildman–Crippen MR) is 92.6 cm³/mol. The third kappa shape index (κ3) is 3.54. The van der Waals surface area contributed by atoms with E-state index in [1.54, 1.807) is 6.07 Å². The number of nitrogens with zero attached hydrogens (tertiary/aromatic N) is 2. The first-order chi connectivity index (χ1) is 11.1. The summed E-state index contributed by atoms with van der Waals surface area (Å²) in [7, 11) is 0. The van der Waals surface area contributed by atoms with Crippen molar-refractivity contribution in [1.29, 1.82) is 0 Å². The van der Waals surface area contributed by atoms with Crippen LogP contribution >= 0.6 is 11.6 Å². The van der Waals surface area contributed by atoms with Crippen LogP contribution in [0.1, 0.15) is 31.2 Å². The van der Waals surface area contributed by atoms with Gasteiger partial charge in [-0.05, 0) is 29.7 Å². The fraction of sp³-hybridized carbons (Fsp3) is 0.222. The van der Waals surface area contributed by atoms with Crippen molar-refractivity contribution in [1.82, 2.24) is 10.2 Å². The van der Waals surface area contributed by atoms with E-state index in [0.717, 1.165) is 11.3 Å². The Morgan fingerprint density at radius 2 is 1.78 bits per heavy atom. The number of halogens is 1. The number of anilines is 1. The Balaban J connectivity index is 1.75. The van der Waals surface area contributed by atoms with Gasteiger partial charge in [0.2, 0.25) is 11.8 Å². The SMILES string of the molecule is CC(C)c1ccccc1NCc1nnc(-c2ccccc2Cl)o1. The smallest absolute Gasteiger partial charge is 0.249 e. The summed E-state index contributed by atoms with van der Waals surface area (Å²) in [5.74, 6) is 1.41. The van der Waals surface area contributed by atoms with Gasteiger partial charge in [-0.1, -0.05) is 55.8 Å². The van der Waals surface area contributed by atoms with Crippen LogP contribution in [0, 0.1) is 0 Å². The molecular formula is C18H18ClN3O. The summed E-state index contributed by atoms with van der Waals surface area (Å²) in [4.78, 5) is 0. The molecule has 118 valence electrons. The van der Waals surface area contributed by atoms with Crippen LogP contribution in [0.3, 0.4) is 0 Å². The Bertz CT molecular complexity index is 798. The minimum Gasteiger partial charge on any atom is -0.419 e. The van der Waals surface area contributed by atoms with E-state index in [1.807, 2.05) is 30.3 Å². The fourth-order valence-corrected chi connectivity index (χ4v) is 2.62. The number of para-hydroxylation sites is 1. The first kappa shape index (κ1) is 15.6. The van der Waals surface area contributed by atoms with Crippen LogP contribution in [0.5, 0.6) is 0 Å². The molecule has 2 aromatic carbocycles. The monoisotopic (exact) mass is 327 g/mol. The van der Waals surface area contributed by atoms with Gasteiger partial charge < -0.3 is 9.73 Å². The van der Waals surface area contributed by atoms with Gasteiger partial charge in [-0.2, -0.15) is 0 Å². The lowest BCUT2D eigenvalue weighted by atomic mass is 10.0. The first-order valence-electron chi connectivity index (χ1n) is 7.55. The van der Waals surface area contributed by atoms with Crippen molar-refractivity contribution >= 4 is 17.3 Å². The zero-order valence-corrected chi connectivity index (χ0v) is 13.8. The van der Waals surface area contributed by atoms with Crippen molar-refractivity contribution in [3.8, 4) is 11.5 Å². The van der Waals surface area contributed by atoms with E-state index in [4.69, 9.17) is 16.0 Å². The molecule has 0 fully saturated rings. The van der Waals surface area contributed by atoms with Crippen molar-refractivity contribution in [3.05, 3.63) is 65.0 Å². The number of rotatable bonds is 5. The Hall–Kier alpha value is -2.33. The van der Waals surface area contributed by atoms with Crippen LogP contribution in [0.25, 0.3) is 11.5 Å². The van der Waals surface area contributed by atoms with Gasteiger partial charge in [-0.3, -0.25) is 0 Å².